The molecule has 8 nitrogen and oxygen atoms in total. The molecule has 0 aromatic carbocycles. The Bertz CT molecular complexity index is 601. The molecule has 3 heterocycles. The van der Waals surface area contributed by atoms with Crippen LogP contribution in [0.25, 0.3) is 11.0 Å². The number of aromatic nitrogens is 3. The number of aromatic amines is 1. The van der Waals surface area contributed by atoms with Crippen molar-refractivity contribution in [2.45, 2.75) is 24.4 Å². The second kappa shape index (κ2) is 4.42. The van der Waals surface area contributed by atoms with E-state index in [1.165, 1.54) is 12.5 Å². The molecule has 0 unspecified atom stereocenters. The number of ether oxygens (including phenoxy) is 1. The predicted molar refractivity (Wildman–Crippen MR) is 65.0 cm³/mol. The van der Waals surface area contributed by atoms with E-state index in [0.29, 0.717) is 22.4 Å². The van der Waals surface area contributed by atoms with Crippen LogP contribution in [-0.2, 0) is 4.74 Å². The number of anilines is 1. The van der Waals surface area contributed by atoms with Gasteiger partial charge in [-0.15, -0.1) is 0 Å². The predicted octanol–water partition coefficient (Wildman–Crippen LogP) is -1.31. The van der Waals surface area contributed by atoms with Crippen LogP contribution < -0.4 is 5.73 Å². The molecule has 1 aliphatic heterocycles. The molecule has 0 saturated carbocycles. The van der Waals surface area contributed by atoms with Crippen molar-refractivity contribution in [2.24, 2.45) is 0 Å². The Hall–Kier alpha value is -1.74. The molecule has 0 aliphatic carbocycles. The van der Waals surface area contributed by atoms with Gasteiger partial charge in [-0.2, -0.15) is 0 Å². The van der Waals surface area contributed by atoms with Crippen LogP contribution >= 0.6 is 0 Å². The smallest absolute Gasteiger partial charge is 0.149 e. The third-order valence-corrected chi connectivity index (χ3v) is 3.36. The number of hydrogen-bond acceptors (Lipinski definition) is 7. The van der Waals surface area contributed by atoms with Crippen LogP contribution in [0.5, 0.6) is 0 Å². The fraction of sp³-hybridized carbons (Fsp3) is 0.455. The number of nitrogens with one attached hydrogen (secondary N) is 1. The van der Waals surface area contributed by atoms with Crippen molar-refractivity contribution in [1.82, 2.24) is 15.0 Å². The molecule has 102 valence electrons. The Morgan fingerprint density at radius 3 is 2.79 bits per heavy atom. The van der Waals surface area contributed by atoms with Crippen molar-refractivity contribution in [3.05, 3.63) is 18.1 Å². The van der Waals surface area contributed by atoms with Crippen molar-refractivity contribution in [2.75, 3.05) is 12.3 Å². The Labute approximate surface area is 107 Å². The summed E-state index contributed by atoms with van der Waals surface area (Å²) in [6.45, 7) is -0.374. The van der Waals surface area contributed by atoms with Gasteiger partial charge in [-0.1, -0.05) is 0 Å². The van der Waals surface area contributed by atoms with Crippen molar-refractivity contribution in [3.8, 4) is 0 Å². The number of nitrogen functional groups attached to an aromatic ring is 1. The van der Waals surface area contributed by atoms with E-state index in [4.69, 9.17) is 15.6 Å². The number of pyridine rings is 1. The lowest BCUT2D eigenvalue weighted by Crippen LogP contribution is -2.32. The third-order valence-electron chi connectivity index (χ3n) is 3.36. The van der Waals surface area contributed by atoms with E-state index in [0.717, 1.165) is 0 Å². The summed E-state index contributed by atoms with van der Waals surface area (Å²) < 4.78 is 5.45. The molecule has 6 N–H and O–H groups in total. The zero-order valence-corrected chi connectivity index (χ0v) is 9.89. The van der Waals surface area contributed by atoms with E-state index < -0.39 is 24.4 Å². The standard InChI is InChI=1S/C11H14N4O4/c12-11-7-6(14-3-15-7)4(1-13-11)10-9(18)8(17)5(2-16)19-10/h1,3,5,8-10,16-18H,2H2,(H2,12,13)(H,14,15)/t5-,8-,9-,10+/m1/s1. The highest BCUT2D eigenvalue weighted by molar-refractivity contribution is 5.86. The summed E-state index contributed by atoms with van der Waals surface area (Å²) in [5.74, 6) is 0.294. The Morgan fingerprint density at radius 1 is 1.32 bits per heavy atom. The van der Waals surface area contributed by atoms with Gasteiger partial charge in [0.05, 0.1) is 18.5 Å². The number of H-pyrrole nitrogens is 1. The van der Waals surface area contributed by atoms with Crippen LogP contribution in [0.4, 0.5) is 5.82 Å². The second-order valence-electron chi connectivity index (χ2n) is 4.48. The average molecular weight is 266 g/mol. The van der Waals surface area contributed by atoms with E-state index in [2.05, 4.69) is 15.0 Å². The third kappa shape index (κ3) is 1.77. The van der Waals surface area contributed by atoms with Crippen molar-refractivity contribution in [3.63, 3.8) is 0 Å². The molecule has 19 heavy (non-hydrogen) atoms. The quantitative estimate of drug-likeness (QED) is 0.455. The topological polar surface area (TPSA) is 138 Å². The first-order chi connectivity index (χ1) is 9.13. The monoisotopic (exact) mass is 266 g/mol. The first-order valence-electron chi connectivity index (χ1n) is 5.83. The fourth-order valence-electron chi connectivity index (χ4n) is 2.34. The molecule has 0 amide bonds. The molecule has 0 radical (unpaired) electrons. The van der Waals surface area contributed by atoms with Crippen LogP contribution in [0.1, 0.15) is 11.7 Å². The molecule has 8 heteroatoms. The zero-order chi connectivity index (χ0) is 13.6. The van der Waals surface area contributed by atoms with E-state index in [1.807, 2.05) is 0 Å². The molecular weight excluding hydrogens is 252 g/mol. The lowest BCUT2D eigenvalue weighted by molar-refractivity contribution is -0.0224. The summed E-state index contributed by atoms with van der Waals surface area (Å²) in [6.07, 6.45) is -1.01. The lowest BCUT2D eigenvalue weighted by Gasteiger charge is -2.15. The molecule has 4 atom stereocenters. The number of imidazole rings is 1. The Balaban J connectivity index is 2.06. The summed E-state index contributed by atoms with van der Waals surface area (Å²) in [7, 11) is 0. The van der Waals surface area contributed by atoms with Gasteiger partial charge in [0.25, 0.3) is 0 Å². The number of nitrogens with two attached hydrogens (primary N) is 1. The molecule has 0 spiro atoms. The number of hydrogen-bond donors (Lipinski definition) is 5. The highest BCUT2D eigenvalue weighted by Gasteiger charge is 2.44. The first-order valence-corrected chi connectivity index (χ1v) is 5.83. The average Bonchev–Trinajstić information content (AvgIpc) is 2.99. The summed E-state index contributed by atoms with van der Waals surface area (Å²) in [6, 6.07) is 0. The first kappa shape index (κ1) is 12.3. The van der Waals surface area contributed by atoms with Crippen molar-refractivity contribution in [1.29, 1.82) is 0 Å². The molecule has 1 fully saturated rings. The van der Waals surface area contributed by atoms with Gasteiger partial charge in [-0.25, -0.2) is 9.97 Å². The SMILES string of the molecule is Nc1ncc([C@@H]2O[C@H](CO)[C@@H](O)[C@H]2O)c2nc[nH]c12. The van der Waals surface area contributed by atoms with Crippen molar-refractivity contribution >= 4 is 16.9 Å². The highest BCUT2D eigenvalue weighted by Crippen LogP contribution is 2.36. The number of aliphatic hydroxyl groups is 3. The van der Waals surface area contributed by atoms with Crippen LogP contribution in [0.3, 0.4) is 0 Å². The Morgan fingerprint density at radius 2 is 2.11 bits per heavy atom. The lowest BCUT2D eigenvalue weighted by atomic mass is 10.0. The van der Waals surface area contributed by atoms with E-state index in [-0.39, 0.29) is 6.61 Å². The normalized spacial score (nSPS) is 31.1. The van der Waals surface area contributed by atoms with E-state index in [1.54, 1.807) is 0 Å². The maximum atomic E-state index is 10.00. The van der Waals surface area contributed by atoms with Gasteiger partial charge >= 0.3 is 0 Å². The van der Waals surface area contributed by atoms with Gasteiger partial charge in [-0.3, -0.25) is 0 Å². The van der Waals surface area contributed by atoms with E-state index in [9.17, 15) is 10.2 Å². The minimum absolute atomic E-state index is 0.294. The molecule has 1 aliphatic rings. The largest absolute Gasteiger partial charge is 0.394 e. The van der Waals surface area contributed by atoms with Gasteiger partial charge in [0.15, 0.2) is 0 Å². The van der Waals surface area contributed by atoms with Gasteiger partial charge in [0.1, 0.15) is 35.8 Å². The van der Waals surface area contributed by atoms with E-state index >= 15 is 0 Å². The van der Waals surface area contributed by atoms with Crippen LogP contribution in [0.2, 0.25) is 0 Å². The van der Waals surface area contributed by atoms with Crippen molar-refractivity contribution < 1.29 is 20.1 Å². The van der Waals surface area contributed by atoms with Crippen LogP contribution in [-0.4, -0.2) is 55.2 Å². The summed E-state index contributed by atoms with van der Waals surface area (Å²) >= 11 is 0. The van der Waals surface area contributed by atoms with Gasteiger partial charge < -0.3 is 30.8 Å². The zero-order valence-electron chi connectivity index (χ0n) is 9.89. The van der Waals surface area contributed by atoms with Crippen LogP contribution in [0, 0.1) is 0 Å². The minimum atomic E-state index is -1.15. The maximum absolute atomic E-state index is 10.00. The fourth-order valence-corrected chi connectivity index (χ4v) is 2.34. The summed E-state index contributed by atoms with van der Waals surface area (Å²) in [5.41, 5.74) is 7.31. The number of rotatable bonds is 2. The molecule has 2 aromatic rings. The minimum Gasteiger partial charge on any atom is -0.394 e. The molecule has 3 rings (SSSR count). The molecule has 0 bridgehead atoms. The van der Waals surface area contributed by atoms with Crippen LogP contribution in [0.15, 0.2) is 12.5 Å². The molecule has 1 saturated heterocycles. The number of fused-ring (bicyclic) bond motifs is 1. The number of nitrogens with zero attached hydrogens (tertiary/aromatic N) is 2. The summed E-state index contributed by atoms with van der Waals surface area (Å²) in [4.78, 5) is 11.0. The molecular formula is C11H14N4O4. The maximum Gasteiger partial charge on any atom is 0.149 e. The Kier molecular flexibility index (Phi) is 2.86. The van der Waals surface area contributed by atoms with Gasteiger partial charge in [-0.05, 0) is 0 Å². The van der Waals surface area contributed by atoms with Gasteiger partial charge in [0, 0.05) is 11.8 Å². The highest BCUT2D eigenvalue weighted by atomic mass is 16.6. The molecule has 2 aromatic heterocycles. The summed E-state index contributed by atoms with van der Waals surface area (Å²) in [5, 5.41) is 28.8. The number of aliphatic hydroxyl groups excluding tert-OH is 3. The van der Waals surface area contributed by atoms with Gasteiger partial charge in [0.2, 0.25) is 0 Å². The second-order valence-corrected chi connectivity index (χ2v) is 4.48.